The van der Waals surface area contributed by atoms with E-state index in [2.05, 4.69) is 15.5 Å². The van der Waals surface area contributed by atoms with Gasteiger partial charge in [-0.1, -0.05) is 0 Å². The number of benzene rings is 1. The molecule has 0 aromatic heterocycles. The molecule has 0 saturated carbocycles. The normalized spacial score (nSPS) is 21.4. The van der Waals surface area contributed by atoms with Crippen LogP contribution in [0.2, 0.25) is 0 Å². The van der Waals surface area contributed by atoms with E-state index in [4.69, 9.17) is 20.9 Å². The second kappa shape index (κ2) is 8.43. The van der Waals surface area contributed by atoms with Gasteiger partial charge in [0.25, 0.3) is 0 Å². The number of carbonyl (C=O) groups is 1. The number of amides is 1. The van der Waals surface area contributed by atoms with Crippen LogP contribution < -0.4 is 27.0 Å². The molecular formula is C19H27N5O3. The van der Waals surface area contributed by atoms with Gasteiger partial charge in [0, 0.05) is 49.0 Å². The number of methoxy groups -OCH3 is 1. The SMILES string of the molecule is COC1NC=C(C)C(N)=C1C(N)C(=O)Nc1ccc(N2CCOCC2)cc1. The first-order chi connectivity index (χ1) is 13.0. The molecule has 8 heteroatoms. The van der Waals surface area contributed by atoms with E-state index in [-0.39, 0.29) is 5.91 Å². The van der Waals surface area contributed by atoms with Crippen molar-refractivity contribution in [1.29, 1.82) is 0 Å². The van der Waals surface area contributed by atoms with Crippen molar-refractivity contribution in [3.8, 4) is 0 Å². The van der Waals surface area contributed by atoms with Crippen LogP contribution in [0, 0.1) is 0 Å². The van der Waals surface area contributed by atoms with Gasteiger partial charge >= 0.3 is 0 Å². The number of allylic oxidation sites excluding steroid dienone is 1. The van der Waals surface area contributed by atoms with E-state index >= 15 is 0 Å². The molecule has 2 aliphatic rings. The molecule has 1 saturated heterocycles. The standard InChI is InChI=1S/C19H27N5O3/c1-12-11-22-19(26-2)15(16(12)20)17(21)18(25)23-13-3-5-14(6-4-13)24-7-9-27-10-8-24/h3-6,11,17,19,22H,7-10,20-21H2,1-2H3,(H,23,25). The molecule has 2 atom stereocenters. The average molecular weight is 373 g/mol. The highest BCUT2D eigenvalue weighted by molar-refractivity contribution is 5.97. The van der Waals surface area contributed by atoms with Crippen LogP contribution >= 0.6 is 0 Å². The zero-order chi connectivity index (χ0) is 19.4. The van der Waals surface area contributed by atoms with Crippen LogP contribution in [0.4, 0.5) is 11.4 Å². The van der Waals surface area contributed by atoms with E-state index in [1.165, 1.54) is 7.11 Å². The lowest BCUT2D eigenvalue weighted by molar-refractivity contribution is -0.117. The Bertz CT molecular complexity index is 738. The minimum absolute atomic E-state index is 0.342. The summed E-state index contributed by atoms with van der Waals surface area (Å²) in [6.07, 6.45) is 1.22. The number of carbonyl (C=O) groups excluding carboxylic acids is 1. The highest BCUT2D eigenvalue weighted by Gasteiger charge is 2.30. The molecule has 27 heavy (non-hydrogen) atoms. The second-order valence-corrected chi connectivity index (χ2v) is 6.59. The molecule has 0 aliphatic carbocycles. The average Bonchev–Trinajstić information content (AvgIpc) is 2.70. The highest BCUT2D eigenvalue weighted by Crippen LogP contribution is 2.22. The number of nitrogens with two attached hydrogens (primary N) is 2. The van der Waals surface area contributed by atoms with Crippen LogP contribution in [0.3, 0.4) is 0 Å². The molecule has 3 rings (SSSR count). The lowest BCUT2D eigenvalue weighted by Crippen LogP contribution is -2.47. The minimum atomic E-state index is -0.926. The fourth-order valence-electron chi connectivity index (χ4n) is 3.20. The number of nitrogens with zero attached hydrogens (tertiary/aromatic N) is 1. The Kier molecular flexibility index (Phi) is 6.00. The fraction of sp³-hybridized carbons (Fsp3) is 0.421. The second-order valence-electron chi connectivity index (χ2n) is 6.59. The van der Waals surface area contributed by atoms with Gasteiger partial charge < -0.3 is 36.5 Å². The molecule has 8 nitrogen and oxygen atoms in total. The predicted molar refractivity (Wildman–Crippen MR) is 105 cm³/mol. The van der Waals surface area contributed by atoms with Crippen LogP contribution in [0.15, 0.2) is 47.3 Å². The van der Waals surface area contributed by atoms with E-state index in [1.807, 2.05) is 31.2 Å². The topological polar surface area (TPSA) is 115 Å². The summed E-state index contributed by atoms with van der Waals surface area (Å²) in [6, 6.07) is 6.77. The summed E-state index contributed by atoms with van der Waals surface area (Å²) >= 11 is 0. The third-order valence-electron chi connectivity index (χ3n) is 4.83. The third kappa shape index (κ3) is 4.24. The van der Waals surface area contributed by atoms with Gasteiger partial charge in [-0.25, -0.2) is 0 Å². The zero-order valence-electron chi connectivity index (χ0n) is 15.7. The Morgan fingerprint density at radius 1 is 1.33 bits per heavy atom. The van der Waals surface area contributed by atoms with Crippen molar-refractivity contribution in [2.45, 2.75) is 19.2 Å². The highest BCUT2D eigenvalue weighted by atomic mass is 16.5. The lowest BCUT2D eigenvalue weighted by atomic mass is 9.97. The number of nitrogens with one attached hydrogen (secondary N) is 2. The van der Waals surface area contributed by atoms with Crippen molar-refractivity contribution in [2.75, 3.05) is 43.6 Å². The van der Waals surface area contributed by atoms with E-state index in [1.54, 1.807) is 6.20 Å². The molecule has 2 unspecified atom stereocenters. The molecule has 2 heterocycles. The van der Waals surface area contributed by atoms with E-state index in [0.29, 0.717) is 17.0 Å². The molecule has 6 N–H and O–H groups in total. The minimum Gasteiger partial charge on any atom is -0.398 e. The quantitative estimate of drug-likeness (QED) is 0.593. The smallest absolute Gasteiger partial charge is 0.245 e. The summed E-state index contributed by atoms with van der Waals surface area (Å²) in [5.41, 5.74) is 15.9. The van der Waals surface area contributed by atoms with Crippen molar-refractivity contribution in [2.24, 2.45) is 11.5 Å². The maximum absolute atomic E-state index is 12.7. The molecule has 1 aromatic carbocycles. The fourth-order valence-corrected chi connectivity index (χ4v) is 3.20. The number of rotatable bonds is 5. The van der Waals surface area contributed by atoms with Gasteiger partial charge in [0.1, 0.15) is 6.04 Å². The number of hydrogen-bond donors (Lipinski definition) is 4. The largest absolute Gasteiger partial charge is 0.398 e. The summed E-state index contributed by atoms with van der Waals surface area (Å²) in [5.74, 6) is -0.342. The first-order valence-electron chi connectivity index (χ1n) is 8.96. The summed E-state index contributed by atoms with van der Waals surface area (Å²) in [5, 5.41) is 5.89. The van der Waals surface area contributed by atoms with Crippen molar-refractivity contribution >= 4 is 17.3 Å². The van der Waals surface area contributed by atoms with Crippen molar-refractivity contribution in [3.05, 3.63) is 47.3 Å². The van der Waals surface area contributed by atoms with E-state index in [9.17, 15) is 4.79 Å². The Hall–Kier alpha value is -2.55. The van der Waals surface area contributed by atoms with Gasteiger partial charge in [0.2, 0.25) is 5.91 Å². The third-order valence-corrected chi connectivity index (χ3v) is 4.83. The Balaban J connectivity index is 1.69. The van der Waals surface area contributed by atoms with Gasteiger partial charge in [0.05, 0.1) is 13.2 Å². The van der Waals surface area contributed by atoms with Crippen LogP contribution in [0.1, 0.15) is 6.92 Å². The molecule has 1 amide bonds. The maximum Gasteiger partial charge on any atom is 0.245 e. The number of morpholine rings is 1. The molecule has 0 radical (unpaired) electrons. The Labute approximate surface area is 159 Å². The van der Waals surface area contributed by atoms with Crippen LogP contribution in [0.25, 0.3) is 0 Å². The van der Waals surface area contributed by atoms with Crippen LogP contribution in [-0.2, 0) is 14.3 Å². The first kappa shape index (κ1) is 19.2. The number of anilines is 2. The van der Waals surface area contributed by atoms with Gasteiger partial charge in [0.15, 0.2) is 6.23 Å². The number of ether oxygens (including phenoxy) is 2. The van der Waals surface area contributed by atoms with Crippen LogP contribution in [-0.4, -0.2) is 51.6 Å². The van der Waals surface area contributed by atoms with Crippen molar-refractivity contribution in [1.82, 2.24) is 5.32 Å². The molecular weight excluding hydrogens is 346 g/mol. The summed E-state index contributed by atoms with van der Waals surface area (Å²) in [6.45, 7) is 5.03. The molecule has 1 fully saturated rings. The predicted octanol–water partition coefficient (Wildman–Crippen LogP) is 0.481. The summed E-state index contributed by atoms with van der Waals surface area (Å²) in [7, 11) is 1.54. The number of hydrogen-bond acceptors (Lipinski definition) is 7. The first-order valence-corrected chi connectivity index (χ1v) is 8.96. The maximum atomic E-state index is 12.7. The zero-order valence-corrected chi connectivity index (χ0v) is 15.7. The van der Waals surface area contributed by atoms with E-state index in [0.717, 1.165) is 37.6 Å². The Morgan fingerprint density at radius 3 is 2.63 bits per heavy atom. The monoisotopic (exact) mass is 373 g/mol. The molecule has 2 aliphatic heterocycles. The Morgan fingerprint density at radius 2 is 2.00 bits per heavy atom. The van der Waals surface area contributed by atoms with E-state index < -0.39 is 12.3 Å². The molecule has 0 spiro atoms. The summed E-state index contributed by atoms with van der Waals surface area (Å²) < 4.78 is 10.7. The van der Waals surface area contributed by atoms with Gasteiger partial charge in [-0.05, 0) is 36.8 Å². The number of dihydropyridines is 1. The lowest BCUT2D eigenvalue weighted by Gasteiger charge is -2.30. The van der Waals surface area contributed by atoms with Crippen LogP contribution in [0.5, 0.6) is 0 Å². The van der Waals surface area contributed by atoms with Crippen molar-refractivity contribution in [3.63, 3.8) is 0 Å². The summed E-state index contributed by atoms with van der Waals surface area (Å²) in [4.78, 5) is 14.9. The van der Waals surface area contributed by atoms with Crippen molar-refractivity contribution < 1.29 is 14.3 Å². The van der Waals surface area contributed by atoms with Gasteiger partial charge in [-0.15, -0.1) is 0 Å². The van der Waals surface area contributed by atoms with Gasteiger partial charge in [-0.2, -0.15) is 0 Å². The molecule has 1 aromatic rings. The molecule has 146 valence electrons. The van der Waals surface area contributed by atoms with Gasteiger partial charge in [-0.3, -0.25) is 4.79 Å². The molecule has 0 bridgehead atoms.